The lowest BCUT2D eigenvalue weighted by Gasteiger charge is -2.23. The van der Waals surface area contributed by atoms with Crippen molar-refractivity contribution in [1.82, 2.24) is 9.55 Å². The van der Waals surface area contributed by atoms with E-state index in [9.17, 15) is 4.39 Å². The van der Waals surface area contributed by atoms with Gasteiger partial charge in [-0.2, -0.15) is 0 Å². The van der Waals surface area contributed by atoms with E-state index >= 15 is 0 Å². The highest BCUT2D eigenvalue weighted by atomic mass is 127. The molecule has 20 heavy (non-hydrogen) atoms. The fourth-order valence-corrected chi connectivity index (χ4v) is 3.02. The van der Waals surface area contributed by atoms with E-state index in [4.69, 9.17) is 11.6 Å². The Morgan fingerprint density at radius 1 is 1.35 bits per heavy atom. The van der Waals surface area contributed by atoms with Crippen LogP contribution in [0.15, 0.2) is 12.1 Å². The van der Waals surface area contributed by atoms with Crippen LogP contribution in [0.25, 0.3) is 11.0 Å². The minimum absolute atomic E-state index is 0.199. The zero-order valence-corrected chi connectivity index (χ0v) is 15.0. The first-order valence-corrected chi connectivity index (χ1v) is 8.39. The van der Waals surface area contributed by atoms with Crippen LogP contribution >= 0.6 is 34.2 Å². The highest BCUT2D eigenvalue weighted by molar-refractivity contribution is 14.1. The molecule has 5 heteroatoms. The van der Waals surface area contributed by atoms with E-state index in [-0.39, 0.29) is 17.2 Å². The molecule has 1 heterocycles. The van der Waals surface area contributed by atoms with Crippen molar-refractivity contribution in [3.8, 4) is 0 Å². The maximum Gasteiger partial charge on any atom is 0.138 e. The van der Waals surface area contributed by atoms with E-state index in [2.05, 4.69) is 30.3 Å². The van der Waals surface area contributed by atoms with E-state index in [1.54, 1.807) is 12.1 Å². The van der Waals surface area contributed by atoms with Crippen LogP contribution < -0.4 is 0 Å². The van der Waals surface area contributed by atoms with Crippen LogP contribution in [-0.2, 0) is 0 Å². The third-order valence-electron chi connectivity index (χ3n) is 3.99. The molecule has 0 amide bonds. The molecule has 1 aromatic heterocycles. The SMILES string of the molecule is CCC(C)C(C)n1c(C(C)Cl)nc2cc(I)c(F)cc21. The molecular weight excluding hydrogens is 390 g/mol. The summed E-state index contributed by atoms with van der Waals surface area (Å²) in [6.07, 6.45) is 1.06. The Bertz CT molecular complexity index is 624. The van der Waals surface area contributed by atoms with Gasteiger partial charge >= 0.3 is 0 Å². The number of alkyl halides is 1. The van der Waals surface area contributed by atoms with Crippen molar-refractivity contribution < 1.29 is 4.39 Å². The van der Waals surface area contributed by atoms with Gasteiger partial charge in [0.1, 0.15) is 11.6 Å². The molecule has 0 saturated heterocycles. The number of aromatic nitrogens is 2. The van der Waals surface area contributed by atoms with Crippen molar-refractivity contribution in [3.63, 3.8) is 0 Å². The Morgan fingerprint density at radius 3 is 2.55 bits per heavy atom. The average Bonchev–Trinajstić information content (AvgIpc) is 2.76. The average molecular weight is 409 g/mol. The molecule has 1 aromatic carbocycles. The van der Waals surface area contributed by atoms with Gasteiger partial charge in [-0.1, -0.05) is 20.3 Å². The Kier molecular flexibility index (Phi) is 4.95. The normalized spacial score (nSPS) is 16.4. The van der Waals surface area contributed by atoms with Crippen molar-refractivity contribution in [2.24, 2.45) is 5.92 Å². The lowest BCUT2D eigenvalue weighted by atomic mass is 10.0. The Morgan fingerprint density at radius 2 is 2.00 bits per heavy atom. The predicted octanol–water partition coefficient (Wildman–Crippen LogP) is 5.69. The summed E-state index contributed by atoms with van der Waals surface area (Å²) in [7, 11) is 0. The molecule has 0 aliphatic carbocycles. The van der Waals surface area contributed by atoms with Crippen LogP contribution in [0.5, 0.6) is 0 Å². The molecule has 2 nitrogen and oxygen atoms in total. The van der Waals surface area contributed by atoms with Gasteiger partial charge in [-0.05, 0) is 48.4 Å². The van der Waals surface area contributed by atoms with Crippen LogP contribution in [-0.4, -0.2) is 9.55 Å². The molecule has 0 bridgehead atoms. The molecule has 2 aromatic rings. The molecule has 0 radical (unpaired) electrons. The number of imidazole rings is 1. The first-order valence-electron chi connectivity index (χ1n) is 6.87. The second-order valence-corrected chi connectivity index (χ2v) is 7.15. The van der Waals surface area contributed by atoms with E-state index in [0.717, 1.165) is 23.3 Å². The maximum absolute atomic E-state index is 13.9. The smallest absolute Gasteiger partial charge is 0.138 e. The fourth-order valence-electron chi connectivity index (χ4n) is 2.41. The summed E-state index contributed by atoms with van der Waals surface area (Å²) in [6.45, 7) is 8.41. The van der Waals surface area contributed by atoms with Crippen molar-refractivity contribution in [3.05, 3.63) is 27.3 Å². The second-order valence-electron chi connectivity index (χ2n) is 5.34. The molecule has 2 rings (SSSR count). The fraction of sp³-hybridized carbons (Fsp3) is 0.533. The summed E-state index contributed by atoms with van der Waals surface area (Å²) >= 11 is 8.26. The van der Waals surface area contributed by atoms with E-state index < -0.39 is 0 Å². The molecular formula is C15H19ClFIN2. The van der Waals surface area contributed by atoms with Gasteiger partial charge in [0.25, 0.3) is 0 Å². The second kappa shape index (κ2) is 6.18. The lowest BCUT2D eigenvalue weighted by Crippen LogP contribution is -2.16. The van der Waals surface area contributed by atoms with Crippen LogP contribution in [0.1, 0.15) is 51.4 Å². The van der Waals surface area contributed by atoms with Crippen molar-refractivity contribution in [2.45, 2.75) is 45.5 Å². The first kappa shape index (κ1) is 16.0. The quantitative estimate of drug-likeness (QED) is 0.469. The molecule has 0 spiro atoms. The van der Waals surface area contributed by atoms with Gasteiger partial charge in [-0.25, -0.2) is 9.37 Å². The van der Waals surface area contributed by atoms with E-state index in [1.165, 1.54) is 0 Å². The number of nitrogens with zero attached hydrogens (tertiary/aromatic N) is 2. The monoisotopic (exact) mass is 408 g/mol. The van der Waals surface area contributed by atoms with Gasteiger partial charge in [-0.15, -0.1) is 11.6 Å². The standard InChI is InChI=1S/C15H19ClFIN2/c1-5-8(2)10(4)20-14-6-11(17)12(18)7-13(14)19-15(20)9(3)16/h6-10H,5H2,1-4H3. The molecule has 110 valence electrons. The van der Waals surface area contributed by atoms with Crippen LogP contribution in [0.3, 0.4) is 0 Å². The number of fused-ring (bicyclic) bond motifs is 1. The Balaban J connectivity index is 2.71. The van der Waals surface area contributed by atoms with Gasteiger partial charge in [0.2, 0.25) is 0 Å². The molecule has 0 saturated carbocycles. The third kappa shape index (κ3) is 2.82. The number of halogens is 3. The molecule has 0 fully saturated rings. The van der Waals surface area contributed by atoms with E-state index in [0.29, 0.717) is 9.49 Å². The van der Waals surface area contributed by atoms with Crippen LogP contribution in [0, 0.1) is 15.3 Å². The first-order chi connectivity index (χ1) is 9.36. The van der Waals surface area contributed by atoms with Gasteiger partial charge in [-0.3, -0.25) is 0 Å². The molecule has 0 aliphatic rings. The summed E-state index contributed by atoms with van der Waals surface area (Å²) in [5.41, 5.74) is 1.65. The summed E-state index contributed by atoms with van der Waals surface area (Å²) in [5.74, 6) is 1.09. The molecule has 3 unspecified atom stereocenters. The highest BCUT2D eigenvalue weighted by Gasteiger charge is 2.23. The summed E-state index contributed by atoms with van der Waals surface area (Å²) < 4.78 is 16.6. The number of hydrogen-bond acceptors (Lipinski definition) is 1. The highest BCUT2D eigenvalue weighted by Crippen LogP contribution is 2.33. The third-order valence-corrected chi connectivity index (χ3v) is 5.01. The van der Waals surface area contributed by atoms with Crippen molar-refractivity contribution in [2.75, 3.05) is 0 Å². The van der Waals surface area contributed by atoms with Gasteiger partial charge in [0.15, 0.2) is 0 Å². The Hall–Kier alpha value is -0.360. The summed E-state index contributed by atoms with van der Waals surface area (Å²) in [5, 5.41) is -0.199. The van der Waals surface area contributed by atoms with Gasteiger partial charge in [0.05, 0.1) is 20.0 Å². The van der Waals surface area contributed by atoms with E-state index in [1.807, 2.05) is 29.5 Å². The predicted molar refractivity (Wildman–Crippen MR) is 90.8 cm³/mol. The number of benzene rings is 1. The summed E-state index contributed by atoms with van der Waals surface area (Å²) in [6, 6.07) is 3.60. The van der Waals surface area contributed by atoms with Crippen LogP contribution in [0.4, 0.5) is 4.39 Å². The number of rotatable bonds is 4. The molecule has 0 N–H and O–H groups in total. The molecule has 3 atom stereocenters. The minimum atomic E-state index is -0.204. The lowest BCUT2D eigenvalue weighted by molar-refractivity contribution is 0.368. The van der Waals surface area contributed by atoms with Gasteiger partial charge < -0.3 is 4.57 Å². The van der Waals surface area contributed by atoms with Crippen LogP contribution in [0.2, 0.25) is 0 Å². The largest absolute Gasteiger partial charge is 0.324 e. The molecule has 0 aliphatic heterocycles. The Labute approximate surface area is 137 Å². The maximum atomic E-state index is 13.9. The zero-order chi connectivity index (χ0) is 15.0. The summed E-state index contributed by atoms with van der Waals surface area (Å²) in [4.78, 5) is 4.61. The topological polar surface area (TPSA) is 17.8 Å². The zero-order valence-electron chi connectivity index (χ0n) is 12.1. The van der Waals surface area contributed by atoms with Crippen molar-refractivity contribution >= 4 is 45.2 Å². The van der Waals surface area contributed by atoms with Gasteiger partial charge in [0, 0.05) is 12.1 Å². The van der Waals surface area contributed by atoms with Crippen molar-refractivity contribution in [1.29, 1.82) is 0 Å². The number of hydrogen-bond donors (Lipinski definition) is 0. The minimum Gasteiger partial charge on any atom is -0.324 e.